The van der Waals surface area contributed by atoms with Gasteiger partial charge < -0.3 is 0 Å². The third kappa shape index (κ3) is 7.18. The fourth-order valence-electron chi connectivity index (χ4n) is 3.96. The molecule has 2 aliphatic rings. The normalized spacial score (nSPS) is 34.9. The minimum absolute atomic E-state index is 0.318. The molecule has 0 saturated heterocycles. The Morgan fingerprint density at radius 1 is 1.00 bits per heavy atom. The van der Waals surface area contributed by atoms with E-state index in [4.69, 9.17) is 0 Å². The second-order valence-electron chi connectivity index (χ2n) is 9.29. The lowest BCUT2D eigenvalue weighted by atomic mass is 9.80. The van der Waals surface area contributed by atoms with Gasteiger partial charge in [0.2, 0.25) is 0 Å². The summed E-state index contributed by atoms with van der Waals surface area (Å²) in [6.45, 7) is 13.3. The molecule has 0 radical (unpaired) electrons. The predicted molar refractivity (Wildman–Crippen MR) is 97.5 cm³/mol. The molecule has 0 bridgehead atoms. The molecular weight excluding hydrogens is 284 g/mol. The van der Waals surface area contributed by atoms with E-state index < -0.39 is 0 Å². The van der Waals surface area contributed by atoms with Crippen LogP contribution < -0.4 is 0 Å². The smallest absolute Gasteiger partial charge is 0.135 e. The topological polar surface area (TPSA) is 34.1 Å². The zero-order chi connectivity index (χ0) is 17.7. The third-order valence-corrected chi connectivity index (χ3v) is 6.12. The van der Waals surface area contributed by atoms with Crippen molar-refractivity contribution in [3.05, 3.63) is 0 Å². The van der Waals surface area contributed by atoms with Crippen molar-refractivity contribution in [1.29, 1.82) is 0 Å². The molecule has 2 rings (SSSR count). The molecule has 2 saturated carbocycles. The van der Waals surface area contributed by atoms with Crippen molar-refractivity contribution in [2.45, 2.75) is 99.3 Å². The van der Waals surface area contributed by atoms with E-state index in [1.807, 2.05) is 0 Å². The van der Waals surface area contributed by atoms with Gasteiger partial charge in [-0.15, -0.1) is 0 Å². The number of carbonyl (C=O) groups excluding carboxylic acids is 2. The molecule has 23 heavy (non-hydrogen) atoms. The largest absolute Gasteiger partial charge is 0.300 e. The average Bonchev–Trinajstić information content (AvgIpc) is 2.67. The van der Waals surface area contributed by atoms with Gasteiger partial charge in [0.05, 0.1) is 0 Å². The number of ketones is 2. The van der Waals surface area contributed by atoms with Crippen LogP contribution in [0.15, 0.2) is 0 Å². The maximum atomic E-state index is 11.4. The molecule has 2 heteroatoms. The highest BCUT2D eigenvalue weighted by Crippen LogP contribution is 2.37. The highest BCUT2D eigenvalue weighted by atomic mass is 16.1. The molecule has 0 N–H and O–H groups in total. The quantitative estimate of drug-likeness (QED) is 0.557. The molecule has 0 aliphatic heterocycles. The van der Waals surface area contributed by atoms with Crippen molar-refractivity contribution < 1.29 is 9.59 Å². The van der Waals surface area contributed by atoms with Crippen LogP contribution in [0.4, 0.5) is 0 Å². The number of rotatable bonds is 1. The van der Waals surface area contributed by atoms with Crippen molar-refractivity contribution in [2.75, 3.05) is 0 Å². The first-order chi connectivity index (χ1) is 10.6. The fourth-order valence-corrected chi connectivity index (χ4v) is 3.96. The van der Waals surface area contributed by atoms with Gasteiger partial charge in [0.1, 0.15) is 11.6 Å². The Kier molecular flexibility index (Phi) is 7.48. The second kappa shape index (κ2) is 8.44. The zero-order valence-corrected chi connectivity index (χ0v) is 16.3. The van der Waals surface area contributed by atoms with Crippen LogP contribution in [0.25, 0.3) is 0 Å². The van der Waals surface area contributed by atoms with Crippen molar-refractivity contribution in [3.63, 3.8) is 0 Å². The van der Waals surface area contributed by atoms with E-state index in [1.54, 1.807) is 0 Å². The van der Waals surface area contributed by atoms with Gasteiger partial charge in [-0.1, -0.05) is 48.0 Å². The Bertz CT molecular complexity index is 410. The van der Waals surface area contributed by atoms with Crippen LogP contribution in [0.5, 0.6) is 0 Å². The molecule has 0 amide bonds. The van der Waals surface area contributed by atoms with Crippen molar-refractivity contribution in [1.82, 2.24) is 0 Å². The van der Waals surface area contributed by atoms with E-state index in [2.05, 4.69) is 41.5 Å². The fraction of sp³-hybridized carbons (Fsp3) is 0.905. The van der Waals surface area contributed by atoms with E-state index in [0.717, 1.165) is 38.5 Å². The number of Topliss-reactive ketones (excluding diaryl/α,β-unsaturated/α-hetero) is 2. The molecule has 3 atom stereocenters. The lowest BCUT2D eigenvalue weighted by molar-refractivity contribution is -0.122. The van der Waals surface area contributed by atoms with Crippen LogP contribution in [0.1, 0.15) is 99.3 Å². The monoisotopic (exact) mass is 322 g/mol. The Morgan fingerprint density at radius 3 is 2.26 bits per heavy atom. The molecule has 3 unspecified atom stereocenters. The molecule has 134 valence electrons. The molecule has 2 nitrogen and oxygen atoms in total. The Balaban J connectivity index is 0.000000231. The maximum Gasteiger partial charge on any atom is 0.135 e. The van der Waals surface area contributed by atoms with Crippen LogP contribution in [0.3, 0.4) is 0 Å². The summed E-state index contributed by atoms with van der Waals surface area (Å²) in [6.07, 6.45) is 9.36. The number of hydrogen-bond acceptors (Lipinski definition) is 2. The zero-order valence-electron chi connectivity index (χ0n) is 16.3. The van der Waals surface area contributed by atoms with Gasteiger partial charge in [-0.05, 0) is 48.9 Å². The summed E-state index contributed by atoms with van der Waals surface area (Å²) < 4.78 is 0. The molecular formula is C21H38O2. The highest BCUT2D eigenvalue weighted by molar-refractivity contribution is 5.80. The first-order valence-corrected chi connectivity index (χ1v) is 9.61. The first kappa shape index (κ1) is 20.4. The molecule has 0 aromatic rings. The first-order valence-electron chi connectivity index (χ1n) is 9.61. The SMILES string of the molecule is CC1CC(=O)CCC(C)(C)C1.CCC1(C)CCC(=O)C(C)CC1. The molecule has 2 aliphatic carbocycles. The van der Waals surface area contributed by atoms with E-state index in [0.29, 0.717) is 34.2 Å². The Morgan fingerprint density at radius 2 is 1.65 bits per heavy atom. The van der Waals surface area contributed by atoms with Gasteiger partial charge in [0.15, 0.2) is 0 Å². The lowest BCUT2D eigenvalue weighted by Crippen LogP contribution is -2.13. The average molecular weight is 323 g/mol. The molecule has 0 aromatic heterocycles. The van der Waals surface area contributed by atoms with Crippen molar-refractivity contribution >= 4 is 11.6 Å². The molecule has 0 aromatic carbocycles. The van der Waals surface area contributed by atoms with Crippen molar-refractivity contribution in [2.24, 2.45) is 22.7 Å². The van der Waals surface area contributed by atoms with Crippen LogP contribution in [-0.2, 0) is 9.59 Å². The minimum Gasteiger partial charge on any atom is -0.300 e. The summed E-state index contributed by atoms with van der Waals surface area (Å²) in [4.78, 5) is 22.6. The van der Waals surface area contributed by atoms with Crippen LogP contribution in [-0.4, -0.2) is 11.6 Å². The van der Waals surface area contributed by atoms with E-state index in [9.17, 15) is 9.59 Å². The van der Waals surface area contributed by atoms with E-state index >= 15 is 0 Å². The van der Waals surface area contributed by atoms with Gasteiger partial charge in [-0.25, -0.2) is 0 Å². The summed E-state index contributed by atoms with van der Waals surface area (Å²) >= 11 is 0. The van der Waals surface area contributed by atoms with Gasteiger partial charge in [0.25, 0.3) is 0 Å². The van der Waals surface area contributed by atoms with Gasteiger partial charge in [0, 0.05) is 25.2 Å². The molecule has 0 heterocycles. The third-order valence-electron chi connectivity index (χ3n) is 6.12. The summed E-state index contributed by atoms with van der Waals surface area (Å²) in [5.41, 5.74) is 0.839. The van der Waals surface area contributed by atoms with Crippen LogP contribution in [0.2, 0.25) is 0 Å². The predicted octanol–water partition coefficient (Wildman–Crippen LogP) is 5.97. The Labute approximate surface area is 143 Å². The van der Waals surface area contributed by atoms with Gasteiger partial charge >= 0.3 is 0 Å². The van der Waals surface area contributed by atoms with Crippen LogP contribution in [0, 0.1) is 22.7 Å². The van der Waals surface area contributed by atoms with Crippen LogP contribution >= 0.6 is 0 Å². The summed E-state index contributed by atoms with van der Waals surface area (Å²) in [5.74, 6) is 1.86. The van der Waals surface area contributed by atoms with Gasteiger partial charge in [-0.2, -0.15) is 0 Å². The standard InChI is InChI=1S/C11H20O.C10H18O/c1-4-11(3)7-5-9(2)10(12)6-8-11;1-8-6-9(11)4-5-10(2,3)7-8/h9H,4-8H2,1-3H3;8H,4-7H2,1-3H3. The Hall–Kier alpha value is -0.660. The number of carbonyl (C=O) groups is 2. The van der Waals surface area contributed by atoms with E-state index in [1.165, 1.54) is 19.3 Å². The highest BCUT2D eigenvalue weighted by Gasteiger charge is 2.29. The number of hydrogen-bond donors (Lipinski definition) is 0. The minimum atomic E-state index is 0.318. The summed E-state index contributed by atoms with van der Waals surface area (Å²) in [5, 5.41) is 0. The summed E-state index contributed by atoms with van der Waals surface area (Å²) in [7, 11) is 0. The van der Waals surface area contributed by atoms with E-state index in [-0.39, 0.29) is 0 Å². The molecule has 2 fully saturated rings. The second-order valence-corrected chi connectivity index (χ2v) is 9.29. The maximum absolute atomic E-state index is 11.4. The van der Waals surface area contributed by atoms with Gasteiger partial charge in [-0.3, -0.25) is 9.59 Å². The van der Waals surface area contributed by atoms with Crippen molar-refractivity contribution in [3.8, 4) is 0 Å². The molecule has 0 spiro atoms. The summed E-state index contributed by atoms with van der Waals surface area (Å²) in [6, 6.07) is 0. The lowest BCUT2D eigenvalue weighted by Gasteiger charge is -2.25.